The third-order valence-electron chi connectivity index (χ3n) is 3.48. The van der Waals surface area contributed by atoms with E-state index >= 15 is 0 Å². The lowest BCUT2D eigenvalue weighted by atomic mass is 10.2. The zero-order chi connectivity index (χ0) is 17.3. The van der Waals surface area contributed by atoms with Crippen molar-refractivity contribution in [3.05, 3.63) is 56.9 Å². The van der Waals surface area contributed by atoms with Gasteiger partial charge in [0.2, 0.25) is 5.91 Å². The largest absolute Gasteiger partial charge is 0.374 e. The van der Waals surface area contributed by atoms with Gasteiger partial charge in [0.1, 0.15) is 6.04 Å². The first-order valence-electron chi connectivity index (χ1n) is 7.17. The van der Waals surface area contributed by atoms with E-state index in [0.717, 1.165) is 0 Å². The molecule has 4 N–H and O–H groups in total. The van der Waals surface area contributed by atoms with Crippen LogP contribution in [-0.2, 0) is 4.79 Å². The number of rotatable bonds is 4. The van der Waals surface area contributed by atoms with Gasteiger partial charge in [-0.1, -0.05) is 23.2 Å². The number of hydrogen-bond acceptors (Lipinski definition) is 3. The number of aromatic nitrogens is 2. The molecular formula is C16H14Cl2N4O2. The van der Waals surface area contributed by atoms with E-state index in [1.807, 2.05) is 0 Å². The molecule has 6 nitrogen and oxygen atoms in total. The molecule has 1 aromatic heterocycles. The van der Waals surface area contributed by atoms with E-state index in [0.29, 0.717) is 32.5 Å². The quantitative estimate of drug-likeness (QED) is 0.570. The van der Waals surface area contributed by atoms with Crippen LogP contribution in [0.5, 0.6) is 0 Å². The maximum atomic E-state index is 12.3. The number of halogens is 2. The normalized spacial score (nSPS) is 12.1. The van der Waals surface area contributed by atoms with Gasteiger partial charge in [-0.05, 0) is 43.3 Å². The van der Waals surface area contributed by atoms with Crippen molar-refractivity contribution >= 4 is 51.5 Å². The number of benzene rings is 2. The Morgan fingerprint density at radius 3 is 2.62 bits per heavy atom. The first-order chi connectivity index (χ1) is 11.4. The lowest BCUT2D eigenvalue weighted by molar-refractivity contribution is -0.116. The molecule has 3 rings (SSSR count). The summed E-state index contributed by atoms with van der Waals surface area (Å²) in [6, 6.07) is 9.62. The number of carbonyl (C=O) groups excluding carboxylic acids is 1. The van der Waals surface area contributed by atoms with Crippen molar-refractivity contribution < 1.29 is 4.79 Å². The van der Waals surface area contributed by atoms with Gasteiger partial charge in [0, 0.05) is 10.7 Å². The van der Waals surface area contributed by atoms with Crippen molar-refractivity contribution in [1.29, 1.82) is 0 Å². The standard InChI is InChI=1S/C16H14Cl2N4O2/c1-8(15(23)20-13-6-9(17)2-4-11(13)18)19-10-3-5-12-14(7-10)22-16(24)21-12/h2-8,19H,1H3,(H,20,23)(H2,21,22,24). The summed E-state index contributed by atoms with van der Waals surface area (Å²) in [5.74, 6) is -0.262. The number of H-pyrrole nitrogens is 2. The molecule has 24 heavy (non-hydrogen) atoms. The Hall–Kier alpha value is -2.44. The average Bonchev–Trinajstić information content (AvgIpc) is 2.90. The Balaban J connectivity index is 1.72. The number of anilines is 2. The number of hydrogen-bond donors (Lipinski definition) is 4. The molecule has 0 bridgehead atoms. The van der Waals surface area contributed by atoms with Gasteiger partial charge in [-0.25, -0.2) is 4.79 Å². The van der Waals surface area contributed by atoms with Crippen LogP contribution in [0.2, 0.25) is 10.0 Å². The van der Waals surface area contributed by atoms with E-state index in [1.54, 1.807) is 43.3 Å². The highest BCUT2D eigenvalue weighted by molar-refractivity contribution is 6.35. The van der Waals surface area contributed by atoms with Crippen LogP contribution in [0.15, 0.2) is 41.2 Å². The van der Waals surface area contributed by atoms with E-state index < -0.39 is 6.04 Å². The highest BCUT2D eigenvalue weighted by atomic mass is 35.5. The first kappa shape index (κ1) is 16.4. The molecule has 124 valence electrons. The van der Waals surface area contributed by atoms with Crippen LogP contribution in [0.3, 0.4) is 0 Å². The van der Waals surface area contributed by atoms with Gasteiger partial charge in [0.15, 0.2) is 0 Å². The molecule has 0 aliphatic carbocycles. The van der Waals surface area contributed by atoms with E-state index in [4.69, 9.17) is 23.2 Å². The minimum Gasteiger partial charge on any atom is -0.374 e. The van der Waals surface area contributed by atoms with E-state index in [-0.39, 0.29) is 11.6 Å². The maximum Gasteiger partial charge on any atom is 0.323 e. The predicted octanol–water partition coefficient (Wildman–Crippen LogP) is 3.60. The summed E-state index contributed by atoms with van der Waals surface area (Å²) in [6.45, 7) is 1.72. The van der Waals surface area contributed by atoms with E-state index in [1.165, 1.54) is 0 Å². The molecule has 0 radical (unpaired) electrons. The zero-order valence-corrected chi connectivity index (χ0v) is 14.1. The smallest absolute Gasteiger partial charge is 0.323 e. The molecule has 1 heterocycles. The van der Waals surface area contributed by atoms with Crippen molar-refractivity contribution in [1.82, 2.24) is 9.97 Å². The third-order valence-corrected chi connectivity index (χ3v) is 4.04. The van der Waals surface area contributed by atoms with E-state index in [2.05, 4.69) is 20.6 Å². The molecule has 0 spiro atoms. The molecule has 0 aliphatic heterocycles. The van der Waals surface area contributed by atoms with Crippen LogP contribution < -0.4 is 16.3 Å². The third kappa shape index (κ3) is 3.55. The summed E-state index contributed by atoms with van der Waals surface area (Å²) in [4.78, 5) is 28.9. The molecule has 2 aromatic carbocycles. The lowest BCUT2D eigenvalue weighted by Gasteiger charge is -2.16. The average molecular weight is 365 g/mol. The Bertz CT molecular complexity index is 964. The number of fused-ring (bicyclic) bond motifs is 1. The highest BCUT2D eigenvalue weighted by Gasteiger charge is 2.15. The molecule has 3 aromatic rings. The Morgan fingerprint density at radius 1 is 1.08 bits per heavy atom. The van der Waals surface area contributed by atoms with Crippen molar-refractivity contribution in [2.24, 2.45) is 0 Å². The first-order valence-corrected chi connectivity index (χ1v) is 7.92. The fourth-order valence-corrected chi connectivity index (χ4v) is 2.61. The number of carbonyl (C=O) groups is 1. The summed E-state index contributed by atoms with van der Waals surface area (Å²) in [7, 11) is 0. The predicted molar refractivity (Wildman–Crippen MR) is 97.1 cm³/mol. The van der Waals surface area contributed by atoms with Crippen LogP contribution in [0.4, 0.5) is 11.4 Å². The van der Waals surface area contributed by atoms with Gasteiger partial charge >= 0.3 is 5.69 Å². The summed E-state index contributed by atoms with van der Waals surface area (Å²) in [6.07, 6.45) is 0. The van der Waals surface area contributed by atoms with Crippen molar-refractivity contribution in [2.45, 2.75) is 13.0 Å². The molecule has 0 aliphatic rings. The second-order valence-electron chi connectivity index (χ2n) is 5.32. The Labute approximate surface area is 147 Å². The molecule has 0 saturated heterocycles. The van der Waals surface area contributed by atoms with Crippen LogP contribution in [0.1, 0.15) is 6.92 Å². The van der Waals surface area contributed by atoms with Crippen LogP contribution in [-0.4, -0.2) is 21.9 Å². The van der Waals surface area contributed by atoms with Crippen molar-refractivity contribution in [3.8, 4) is 0 Å². The zero-order valence-electron chi connectivity index (χ0n) is 12.6. The van der Waals surface area contributed by atoms with E-state index in [9.17, 15) is 9.59 Å². The molecule has 1 atom stereocenters. The molecule has 1 amide bonds. The maximum absolute atomic E-state index is 12.3. The Morgan fingerprint density at radius 2 is 1.83 bits per heavy atom. The molecule has 0 fully saturated rings. The second-order valence-corrected chi connectivity index (χ2v) is 6.16. The number of aromatic amines is 2. The minimum atomic E-state index is -0.525. The van der Waals surface area contributed by atoms with Gasteiger partial charge in [-0.15, -0.1) is 0 Å². The van der Waals surface area contributed by atoms with Gasteiger partial charge in [0.25, 0.3) is 0 Å². The van der Waals surface area contributed by atoms with Gasteiger partial charge < -0.3 is 20.6 Å². The molecular weight excluding hydrogens is 351 g/mol. The highest BCUT2D eigenvalue weighted by Crippen LogP contribution is 2.25. The fourth-order valence-electron chi connectivity index (χ4n) is 2.27. The van der Waals surface area contributed by atoms with Crippen LogP contribution >= 0.6 is 23.2 Å². The molecule has 1 unspecified atom stereocenters. The number of nitrogens with one attached hydrogen (secondary N) is 4. The summed E-state index contributed by atoms with van der Waals surface area (Å²) in [5.41, 5.74) is 2.25. The van der Waals surface area contributed by atoms with Gasteiger partial charge in [0.05, 0.1) is 21.7 Å². The van der Waals surface area contributed by atoms with Crippen molar-refractivity contribution in [3.63, 3.8) is 0 Å². The SMILES string of the molecule is CC(Nc1ccc2[nH]c(=O)[nH]c2c1)C(=O)Nc1cc(Cl)ccc1Cl. The lowest BCUT2D eigenvalue weighted by Crippen LogP contribution is -2.31. The topological polar surface area (TPSA) is 89.8 Å². The monoisotopic (exact) mass is 364 g/mol. The summed E-state index contributed by atoms with van der Waals surface area (Å²) in [5, 5.41) is 6.70. The second kappa shape index (κ2) is 6.59. The van der Waals surface area contributed by atoms with Gasteiger partial charge in [-0.3, -0.25) is 4.79 Å². The summed E-state index contributed by atoms with van der Waals surface area (Å²) >= 11 is 12.0. The van der Waals surface area contributed by atoms with Crippen LogP contribution in [0.25, 0.3) is 11.0 Å². The molecule has 0 saturated carbocycles. The fraction of sp³-hybridized carbons (Fsp3) is 0.125. The summed E-state index contributed by atoms with van der Waals surface area (Å²) < 4.78 is 0. The number of imidazole rings is 1. The Kier molecular flexibility index (Phi) is 4.51. The minimum absolute atomic E-state index is 0.262. The molecule has 8 heteroatoms. The van der Waals surface area contributed by atoms with Crippen LogP contribution in [0, 0.1) is 0 Å². The van der Waals surface area contributed by atoms with Crippen molar-refractivity contribution in [2.75, 3.05) is 10.6 Å². The van der Waals surface area contributed by atoms with Gasteiger partial charge in [-0.2, -0.15) is 0 Å². The number of amides is 1.